The average Bonchev–Trinajstić information content (AvgIpc) is 2.44. The molecule has 0 radical (unpaired) electrons. The third-order valence-electron chi connectivity index (χ3n) is 3.96. The fraction of sp³-hybridized carbons (Fsp3) is 0.368. The first kappa shape index (κ1) is 15.6. The average molecular weight is 283 g/mol. The van der Waals surface area contributed by atoms with Gasteiger partial charge in [0, 0.05) is 6.04 Å². The van der Waals surface area contributed by atoms with Crippen molar-refractivity contribution in [1.82, 2.24) is 5.32 Å². The SMILES string of the molecule is CNC(Cc1cccc(C)c1)c1cc(C)c(OC)c(C)c1. The maximum absolute atomic E-state index is 5.46. The van der Waals surface area contributed by atoms with E-state index in [-0.39, 0.29) is 0 Å². The Labute approximate surface area is 128 Å². The first-order chi connectivity index (χ1) is 10.0. The summed E-state index contributed by atoms with van der Waals surface area (Å²) in [4.78, 5) is 0. The van der Waals surface area contributed by atoms with Crippen LogP contribution in [0.1, 0.15) is 33.9 Å². The molecule has 0 heterocycles. The zero-order valence-electron chi connectivity index (χ0n) is 13.7. The third-order valence-corrected chi connectivity index (χ3v) is 3.96. The van der Waals surface area contributed by atoms with Gasteiger partial charge in [0.1, 0.15) is 5.75 Å². The van der Waals surface area contributed by atoms with Crippen molar-refractivity contribution >= 4 is 0 Å². The Morgan fingerprint density at radius 1 is 1.05 bits per heavy atom. The van der Waals surface area contributed by atoms with Gasteiger partial charge in [0.05, 0.1) is 7.11 Å². The van der Waals surface area contributed by atoms with E-state index in [4.69, 9.17) is 4.74 Å². The molecule has 1 atom stereocenters. The van der Waals surface area contributed by atoms with Gasteiger partial charge in [-0.2, -0.15) is 0 Å². The van der Waals surface area contributed by atoms with E-state index in [1.165, 1.54) is 27.8 Å². The van der Waals surface area contributed by atoms with Crippen LogP contribution in [0.25, 0.3) is 0 Å². The van der Waals surface area contributed by atoms with E-state index >= 15 is 0 Å². The van der Waals surface area contributed by atoms with E-state index in [1.807, 2.05) is 7.05 Å². The van der Waals surface area contributed by atoms with Gasteiger partial charge in [-0.05, 0) is 56.5 Å². The molecule has 0 bridgehead atoms. The maximum Gasteiger partial charge on any atom is 0.124 e. The molecule has 2 aromatic rings. The van der Waals surface area contributed by atoms with Crippen molar-refractivity contribution in [1.29, 1.82) is 0 Å². The van der Waals surface area contributed by atoms with Gasteiger partial charge in [-0.25, -0.2) is 0 Å². The lowest BCUT2D eigenvalue weighted by Gasteiger charge is -2.20. The predicted octanol–water partition coefficient (Wildman–Crippen LogP) is 4.12. The van der Waals surface area contributed by atoms with Crippen molar-refractivity contribution in [3.05, 3.63) is 64.2 Å². The number of ether oxygens (including phenoxy) is 1. The summed E-state index contributed by atoms with van der Waals surface area (Å²) >= 11 is 0. The van der Waals surface area contributed by atoms with E-state index in [1.54, 1.807) is 7.11 Å². The summed E-state index contributed by atoms with van der Waals surface area (Å²) in [5, 5.41) is 3.44. The van der Waals surface area contributed by atoms with Gasteiger partial charge in [0.25, 0.3) is 0 Å². The molecule has 2 aromatic carbocycles. The molecule has 112 valence electrons. The molecule has 0 aliphatic rings. The smallest absolute Gasteiger partial charge is 0.124 e. The minimum absolute atomic E-state index is 0.315. The lowest BCUT2D eigenvalue weighted by Crippen LogP contribution is -2.19. The Hall–Kier alpha value is -1.80. The van der Waals surface area contributed by atoms with Gasteiger partial charge in [0.2, 0.25) is 0 Å². The third kappa shape index (κ3) is 3.64. The molecule has 0 aromatic heterocycles. The van der Waals surface area contributed by atoms with Crippen molar-refractivity contribution < 1.29 is 4.74 Å². The first-order valence-corrected chi connectivity index (χ1v) is 7.43. The fourth-order valence-corrected chi connectivity index (χ4v) is 2.97. The van der Waals surface area contributed by atoms with Crippen LogP contribution < -0.4 is 10.1 Å². The number of benzene rings is 2. The van der Waals surface area contributed by atoms with Gasteiger partial charge in [-0.15, -0.1) is 0 Å². The molecule has 2 rings (SSSR count). The summed E-state index contributed by atoms with van der Waals surface area (Å²) in [6.07, 6.45) is 0.989. The van der Waals surface area contributed by atoms with Crippen molar-refractivity contribution in [2.24, 2.45) is 0 Å². The van der Waals surface area contributed by atoms with E-state index in [0.29, 0.717) is 6.04 Å². The van der Waals surface area contributed by atoms with Gasteiger partial charge in [0.15, 0.2) is 0 Å². The molecule has 0 amide bonds. The summed E-state index contributed by atoms with van der Waals surface area (Å²) < 4.78 is 5.46. The van der Waals surface area contributed by atoms with E-state index in [9.17, 15) is 0 Å². The minimum atomic E-state index is 0.315. The highest BCUT2D eigenvalue weighted by Crippen LogP contribution is 2.28. The zero-order valence-corrected chi connectivity index (χ0v) is 13.7. The lowest BCUT2D eigenvalue weighted by atomic mass is 9.95. The second-order valence-corrected chi connectivity index (χ2v) is 5.72. The summed E-state index contributed by atoms with van der Waals surface area (Å²) in [7, 11) is 3.76. The topological polar surface area (TPSA) is 21.3 Å². The number of rotatable bonds is 5. The van der Waals surface area contributed by atoms with E-state index in [0.717, 1.165) is 12.2 Å². The molecule has 0 spiro atoms. The first-order valence-electron chi connectivity index (χ1n) is 7.43. The molecular formula is C19H25NO. The van der Waals surface area contributed by atoms with Crippen LogP contribution >= 0.6 is 0 Å². The number of methoxy groups -OCH3 is 1. The zero-order chi connectivity index (χ0) is 15.4. The standard InChI is InChI=1S/C19H25NO/c1-13-7-6-8-16(9-13)12-18(20-4)17-10-14(2)19(21-5)15(3)11-17/h6-11,18,20H,12H2,1-5H3. The number of nitrogens with one attached hydrogen (secondary N) is 1. The Morgan fingerprint density at radius 3 is 2.24 bits per heavy atom. The second-order valence-electron chi connectivity index (χ2n) is 5.72. The van der Waals surface area contributed by atoms with Crippen LogP contribution in [0, 0.1) is 20.8 Å². The second kappa shape index (κ2) is 6.77. The molecule has 0 aliphatic heterocycles. The van der Waals surface area contributed by atoms with Crippen LogP contribution in [0.4, 0.5) is 0 Å². The Balaban J connectivity index is 2.29. The van der Waals surface area contributed by atoms with Crippen molar-refractivity contribution in [2.45, 2.75) is 33.2 Å². The highest BCUT2D eigenvalue weighted by Gasteiger charge is 2.14. The molecule has 0 saturated heterocycles. The molecule has 0 saturated carbocycles. The lowest BCUT2D eigenvalue weighted by molar-refractivity contribution is 0.408. The Bertz CT molecular complexity index is 596. The van der Waals surface area contributed by atoms with Crippen LogP contribution in [0.2, 0.25) is 0 Å². The maximum atomic E-state index is 5.46. The highest BCUT2D eigenvalue weighted by molar-refractivity contribution is 5.44. The fourth-order valence-electron chi connectivity index (χ4n) is 2.97. The van der Waals surface area contributed by atoms with Gasteiger partial charge in [-0.3, -0.25) is 0 Å². The molecule has 2 nitrogen and oxygen atoms in total. The van der Waals surface area contributed by atoms with Gasteiger partial charge >= 0.3 is 0 Å². The molecular weight excluding hydrogens is 258 g/mol. The quantitative estimate of drug-likeness (QED) is 0.891. The van der Waals surface area contributed by atoms with Gasteiger partial charge in [-0.1, -0.05) is 42.0 Å². The normalized spacial score (nSPS) is 12.2. The predicted molar refractivity (Wildman–Crippen MR) is 89.2 cm³/mol. The molecule has 1 unspecified atom stereocenters. The van der Waals surface area contributed by atoms with Crippen molar-refractivity contribution in [3.63, 3.8) is 0 Å². The summed E-state index contributed by atoms with van der Waals surface area (Å²) in [5.74, 6) is 0.990. The Kier molecular flexibility index (Phi) is 5.03. The number of hydrogen-bond donors (Lipinski definition) is 1. The molecule has 1 N–H and O–H groups in total. The monoisotopic (exact) mass is 283 g/mol. The van der Waals surface area contributed by atoms with Crippen molar-refractivity contribution in [3.8, 4) is 5.75 Å². The summed E-state index contributed by atoms with van der Waals surface area (Å²) in [6, 6.07) is 13.5. The molecule has 21 heavy (non-hydrogen) atoms. The van der Waals surface area contributed by atoms with Crippen LogP contribution in [0.3, 0.4) is 0 Å². The largest absolute Gasteiger partial charge is 0.496 e. The van der Waals surface area contributed by atoms with Crippen LogP contribution in [-0.2, 0) is 6.42 Å². The number of hydrogen-bond acceptors (Lipinski definition) is 2. The van der Waals surface area contributed by atoms with E-state index < -0.39 is 0 Å². The summed E-state index contributed by atoms with van der Waals surface area (Å²) in [6.45, 7) is 6.35. The van der Waals surface area contributed by atoms with Crippen LogP contribution in [0.5, 0.6) is 5.75 Å². The van der Waals surface area contributed by atoms with Crippen LogP contribution in [-0.4, -0.2) is 14.2 Å². The number of aryl methyl sites for hydroxylation is 3. The van der Waals surface area contributed by atoms with Crippen LogP contribution in [0.15, 0.2) is 36.4 Å². The molecule has 0 aliphatic carbocycles. The van der Waals surface area contributed by atoms with E-state index in [2.05, 4.69) is 62.5 Å². The molecule has 2 heteroatoms. The number of likely N-dealkylation sites (N-methyl/N-ethyl adjacent to an activating group) is 1. The van der Waals surface area contributed by atoms with Crippen molar-refractivity contribution in [2.75, 3.05) is 14.2 Å². The molecule has 0 fully saturated rings. The Morgan fingerprint density at radius 2 is 1.71 bits per heavy atom. The highest BCUT2D eigenvalue weighted by atomic mass is 16.5. The van der Waals surface area contributed by atoms with Gasteiger partial charge < -0.3 is 10.1 Å². The minimum Gasteiger partial charge on any atom is -0.496 e. The summed E-state index contributed by atoms with van der Waals surface area (Å²) in [5.41, 5.74) is 6.37.